The first kappa shape index (κ1) is 20.9. The highest BCUT2D eigenvalue weighted by Gasteiger charge is 2.34. The van der Waals surface area contributed by atoms with Crippen LogP contribution in [0.15, 0.2) is 29.6 Å². The highest BCUT2D eigenvalue weighted by atomic mass is 32.1. The van der Waals surface area contributed by atoms with Crippen LogP contribution in [-0.4, -0.2) is 47.9 Å². The van der Waals surface area contributed by atoms with Crippen molar-refractivity contribution in [3.05, 3.63) is 51.2 Å². The molecule has 30 heavy (non-hydrogen) atoms. The predicted octanol–water partition coefficient (Wildman–Crippen LogP) is 4.13. The van der Waals surface area contributed by atoms with Gasteiger partial charge in [-0.3, -0.25) is 9.59 Å². The van der Waals surface area contributed by atoms with Gasteiger partial charge in [0.2, 0.25) is 11.8 Å². The highest BCUT2D eigenvalue weighted by Crippen LogP contribution is 2.35. The van der Waals surface area contributed by atoms with E-state index in [1.54, 1.807) is 23.2 Å². The Bertz CT molecular complexity index is 934. The zero-order valence-corrected chi connectivity index (χ0v) is 18.8. The lowest BCUT2D eigenvalue weighted by atomic mass is 10.00. The van der Waals surface area contributed by atoms with Crippen molar-refractivity contribution in [2.45, 2.75) is 46.1 Å². The number of rotatable bonds is 7. The van der Waals surface area contributed by atoms with Crippen molar-refractivity contribution >= 4 is 23.2 Å². The number of fused-ring (bicyclic) bond motifs is 1. The summed E-state index contributed by atoms with van der Waals surface area (Å²) in [6, 6.07) is 8.15. The number of carbonyl (C=O) groups excluding carboxylic acids is 2. The van der Waals surface area contributed by atoms with Gasteiger partial charge in [0, 0.05) is 24.9 Å². The van der Waals surface area contributed by atoms with Crippen LogP contribution in [0.3, 0.4) is 0 Å². The monoisotopic (exact) mass is 426 g/mol. The number of benzene rings is 1. The molecule has 1 saturated carbocycles. The van der Waals surface area contributed by atoms with Gasteiger partial charge in [-0.25, -0.2) is 0 Å². The Hall–Kier alpha value is -2.34. The van der Waals surface area contributed by atoms with Crippen molar-refractivity contribution in [2.24, 2.45) is 5.92 Å². The molecule has 2 aliphatic rings. The molecular formula is C24H30N2O3S. The van der Waals surface area contributed by atoms with Crippen molar-refractivity contribution in [3.8, 4) is 5.75 Å². The van der Waals surface area contributed by atoms with Crippen LogP contribution in [0.5, 0.6) is 5.75 Å². The zero-order chi connectivity index (χ0) is 21.3. The Morgan fingerprint density at radius 1 is 1.23 bits per heavy atom. The van der Waals surface area contributed by atoms with Crippen molar-refractivity contribution in [3.63, 3.8) is 0 Å². The fourth-order valence-corrected chi connectivity index (χ4v) is 5.10. The first-order valence-electron chi connectivity index (χ1n) is 10.7. The molecule has 2 heterocycles. The van der Waals surface area contributed by atoms with Crippen LogP contribution in [0.1, 0.15) is 47.4 Å². The van der Waals surface area contributed by atoms with Crippen molar-refractivity contribution in [2.75, 3.05) is 26.2 Å². The molecule has 1 aromatic carbocycles. The Morgan fingerprint density at radius 2 is 2.03 bits per heavy atom. The van der Waals surface area contributed by atoms with Gasteiger partial charge in [0.15, 0.2) is 0 Å². The van der Waals surface area contributed by atoms with Crippen molar-refractivity contribution in [1.29, 1.82) is 0 Å². The number of thiophene rings is 1. The summed E-state index contributed by atoms with van der Waals surface area (Å²) in [6.45, 7) is 7.62. The summed E-state index contributed by atoms with van der Waals surface area (Å²) in [7, 11) is 0. The predicted molar refractivity (Wildman–Crippen MR) is 119 cm³/mol. The summed E-state index contributed by atoms with van der Waals surface area (Å²) in [5.74, 6) is 1.41. The molecule has 6 heteroatoms. The van der Waals surface area contributed by atoms with Gasteiger partial charge in [-0.2, -0.15) is 0 Å². The van der Waals surface area contributed by atoms with E-state index < -0.39 is 0 Å². The van der Waals surface area contributed by atoms with Crippen LogP contribution in [0, 0.1) is 19.8 Å². The molecule has 0 saturated heterocycles. The van der Waals surface area contributed by atoms with Gasteiger partial charge in [0.1, 0.15) is 12.4 Å². The quantitative estimate of drug-likeness (QED) is 0.669. The van der Waals surface area contributed by atoms with Crippen LogP contribution in [0.4, 0.5) is 0 Å². The first-order chi connectivity index (χ1) is 14.4. The van der Waals surface area contributed by atoms with Gasteiger partial charge < -0.3 is 14.5 Å². The van der Waals surface area contributed by atoms with Crippen LogP contribution in [-0.2, 0) is 16.0 Å². The molecule has 1 aromatic heterocycles. The minimum absolute atomic E-state index is 0.0110. The van der Waals surface area contributed by atoms with Crippen LogP contribution in [0.25, 0.3) is 0 Å². The molecule has 0 unspecified atom stereocenters. The lowest BCUT2D eigenvalue weighted by molar-refractivity contribution is -0.142. The van der Waals surface area contributed by atoms with Crippen LogP contribution in [0.2, 0.25) is 0 Å². The molecule has 1 aliphatic carbocycles. The number of amides is 2. The molecule has 2 aromatic rings. The number of hydrogen-bond acceptors (Lipinski definition) is 4. The number of ether oxygens (including phenoxy) is 1. The van der Waals surface area contributed by atoms with E-state index in [-0.39, 0.29) is 24.4 Å². The minimum atomic E-state index is -0.122. The largest absolute Gasteiger partial charge is 0.491 e. The topological polar surface area (TPSA) is 49.9 Å². The van der Waals surface area contributed by atoms with Gasteiger partial charge >= 0.3 is 0 Å². The van der Waals surface area contributed by atoms with Crippen molar-refractivity contribution in [1.82, 2.24) is 9.80 Å². The van der Waals surface area contributed by atoms with Gasteiger partial charge in [-0.05, 0) is 67.7 Å². The number of aryl methyl sites for hydroxylation is 2. The van der Waals surface area contributed by atoms with E-state index in [1.165, 1.54) is 16.0 Å². The summed E-state index contributed by atoms with van der Waals surface area (Å²) in [6.07, 6.45) is 3.18. The van der Waals surface area contributed by atoms with E-state index in [2.05, 4.69) is 24.4 Å². The maximum absolute atomic E-state index is 13.3. The van der Waals surface area contributed by atoms with Gasteiger partial charge in [-0.1, -0.05) is 17.7 Å². The Labute approximate surface area is 182 Å². The highest BCUT2D eigenvalue weighted by molar-refractivity contribution is 7.10. The number of nitrogens with zero attached hydrogens (tertiary/aromatic N) is 2. The third-order valence-electron chi connectivity index (χ3n) is 6.09. The minimum Gasteiger partial charge on any atom is -0.491 e. The number of hydrogen-bond donors (Lipinski definition) is 0. The third-order valence-corrected chi connectivity index (χ3v) is 7.09. The summed E-state index contributed by atoms with van der Waals surface area (Å²) < 4.78 is 6.20. The maximum Gasteiger partial charge on any atom is 0.242 e. The summed E-state index contributed by atoms with van der Waals surface area (Å²) >= 11 is 1.75. The molecule has 5 nitrogen and oxygen atoms in total. The fourth-order valence-electron chi connectivity index (χ4n) is 4.18. The number of carbonyl (C=O) groups is 2. The Morgan fingerprint density at radius 3 is 2.73 bits per heavy atom. The molecule has 1 atom stereocenters. The first-order valence-corrected chi connectivity index (χ1v) is 11.6. The summed E-state index contributed by atoms with van der Waals surface area (Å²) in [4.78, 5) is 30.3. The second kappa shape index (κ2) is 8.80. The van der Waals surface area contributed by atoms with E-state index in [0.717, 1.165) is 30.6 Å². The SMILES string of the molecule is CC(=O)N(CC(=O)N1CCc2sccc2[C@@H]1COc1ccc(C)cc1C)CC1CC1. The maximum atomic E-state index is 13.3. The molecule has 160 valence electrons. The molecule has 0 bridgehead atoms. The molecule has 1 fully saturated rings. The molecule has 2 amide bonds. The van der Waals surface area contributed by atoms with Gasteiger partial charge in [-0.15, -0.1) is 11.3 Å². The molecule has 0 radical (unpaired) electrons. The van der Waals surface area contributed by atoms with Crippen LogP contribution >= 0.6 is 11.3 Å². The average Bonchev–Trinajstić information content (AvgIpc) is 3.39. The molecular weight excluding hydrogens is 396 g/mol. The molecule has 4 rings (SSSR count). The normalized spacial score (nSPS) is 18.1. The molecule has 1 aliphatic heterocycles. The third kappa shape index (κ3) is 4.69. The average molecular weight is 427 g/mol. The smallest absolute Gasteiger partial charge is 0.242 e. The second-order valence-electron chi connectivity index (χ2n) is 8.57. The standard InChI is InChI=1S/C24H30N2O3S/c1-16-4-7-22(17(2)12-16)29-15-21-20-9-11-30-23(20)8-10-26(21)24(28)14-25(18(3)27)13-19-5-6-19/h4,7,9,11-12,19,21H,5-6,8,10,13-15H2,1-3H3/t21-/m0/s1. The van der Waals surface area contributed by atoms with E-state index >= 15 is 0 Å². The van der Waals surface area contributed by atoms with E-state index in [1.807, 2.05) is 24.0 Å². The fraction of sp³-hybridized carbons (Fsp3) is 0.500. The lowest BCUT2D eigenvalue weighted by Crippen LogP contribution is -2.47. The van der Waals surface area contributed by atoms with E-state index in [0.29, 0.717) is 25.6 Å². The summed E-state index contributed by atoms with van der Waals surface area (Å²) in [5, 5.41) is 2.09. The molecule has 0 spiro atoms. The van der Waals surface area contributed by atoms with Gasteiger partial charge in [0.05, 0.1) is 12.6 Å². The van der Waals surface area contributed by atoms with Crippen LogP contribution < -0.4 is 4.74 Å². The van der Waals surface area contributed by atoms with Gasteiger partial charge in [0.25, 0.3) is 0 Å². The second-order valence-corrected chi connectivity index (χ2v) is 9.58. The zero-order valence-electron chi connectivity index (χ0n) is 18.0. The lowest BCUT2D eigenvalue weighted by Gasteiger charge is -2.37. The Kier molecular flexibility index (Phi) is 6.14. The Balaban J connectivity index is 1.50. The van der Waals surface area contributed by atoms with Crippen molar-refractivity contribution < 1.29 is 14.3 Å². The molecule has 0 N–H and O–H groups in total. The van der Waals surface area contributed by atoms with E-state index in [9.17, 15) is 9.59 Å². The van der Waals surface area contributed by atoms with E-state index in [4.69, 9.17) is 4.74 Å². The summed E-state index contributed by atoms with van der Waals surface area (Å²) in [5.41, 5.74) is 3.48.